The van der Waals surface area contributed by atoms with Gasteiger partial charge in [0.2, 0.25) is 0 Å². The van der Waals surface area contributed by atoms with E-state index in [1.807, 2.05) is 13.0 Å². The van der Waals surface area contributed by atoms with Gasteiger partial charge < -0.3 is 15.0 Å². The molecule has 0 saturated carbocycles. The number of hydrogen-bond donors (Lipinski definition) is 1. The molecule has 23 heavy (non-hydrogen) atoms. The van der Waals surface area contributed by atoms with Crippen LogP contribution in [-0.4, -0.2) is 26.1 Å². The maximum absolute atomic E-state index is 6.14. The molecule has 3 rings (SSSR count). The lowest BCUT2D eigenvalue weighted by Gasteiger charge is -2.12. The second-order valence-corrected chi connectivity index (χ2v) is 6.80. The average Bonchev–Trinajstić information content (AvgIpc) is 2.84. The first-order valence-electron chi connectivity index (χ1n) is 7.68. The van der Waals surface area contributed by atoms with Crippen LogP contribution in [0.1, 0.15) is 26.6 Å². The summed E-state index contributed by atoms with van der Waals surface area (Å²) in [5.41, 5.74) is 9.35. The van der Waals surface area contributed by atoms with Crippen LogP contribution < -0.4 is 5.73 Å². The highest BCUT2D eigenvalue weighted by Crippen LogP contribution is 2.29. The third-order valence-corrected chi connectivity index (χ3v) is 4.01. The van der Waals surface area contributed by atoms with Crippen molar-refractivity contribution in [3.8, 4) is 0 Å². The van der Waals surface area contributed by atoms with E-state index in [1.54, 1.807) is 6.20 Å². The van der Waals surface area contributed by atoms with E-state index in [2.05, 4.69) is 49.3 Å². The average molecular weight is 378 g/mol. The molecule has 0 spiro atoms. The van der Waals surface area contributed by atoms with Crippen LogP contribution in [0.2, 0.25) is 0 Å². The number of fused-ring (bicyclic) bond motifs is 3. The molecule has 3 heterocycles. The number of anilines is 1. The van der Waals surface area contributed by atoms with Gasteiger partial charge >= 0.3 is 0 Å². The molecule has 2 N–H and O–H groups in total. The smallest absolute Gasteiger partial charge is 0.152 e. The minimum atomic E-state index is 0.424. The lowest BCUT2D eigenvalue weighted by Crippen LogP contribution is -2.10. The summed E-state index contributed by atoms with van der Waals surface area (Å²) < 4.78 is 8.61. The minimum Gasteiger partial charge on any atom is -0.382 e. The maximum Gasteiger partial charge on any atom is 0.152 e. The molecule has 6 nitrogen and oxygen atoms in total. The number of hydrogen-bond acceptors (Lipinski definition) is 5. The largest absolute Gasteiger partial charge is 0.382 e. The molecule has 0 bridgehead atoms. The van der Waals surface area contributed by atoms with Crippen LogP contribution in [0.4, 0.5) is 5.82 Å². The molecule has 0 radical (unpaired) electrons. The fraction of sp³-hybridized carbons (Fsp3) is 0.438. The van der Waals surface area contributed by atoms with E-state index in [-0.39, 0.29) is 0 Å². The van der Waals surface area contributed by atoms with Gasteiger partial charge in [-0.05, 0) is 34.8 Å². The van der Waals surface area contributed by atoms with Gasteiger partial charge in [-0.25, -0.2) is 9.97 Å². The molecule has 0 atom stereocenters. The third kappa shape index (κ3) is 3.03. The first-order valence-corrected chi connectivity index (χ1v) is 8.48. The van der Waals surface area contributed by atoms with Crippen molar-refractivity contribution in [2.24, 2.45) is 5.92 Å². The molecular weight excluding hydrogens is 358 g/mol. The molecule has 0 saturated heterocycles. The molecule has 0 aliphatic rings. The highest BCUT2D eigenvalue weighted by Gasteiger charge is 2.19. The summed E-state index contributed by atoms with van der Waals surface area (Å²) >= 11 is 3.43. The Morgan fingerprint density at radius 3 is 2.78 bits per heavy atom. The summed E-state index contributed by atoms with van der Waals surface area (Å²) in [6, 6.07) is 1.92. The molecule has 0 aromatic carbocycles. The van der Waals surface area contributed by atoms with E-state index >= 15 is 0 Å². The number of aromatic nitrogens is 4. The molecule has 0 amide bonds. The Balaban J connectivity index is 2.33. The van der Waals surface area contributed by atoms with Gasteiger partial charge in [-0.1, -0.05) is 13.8 Å². The van der Waals surface area contributed by atoms with Crippen LogP contribution >= 0.6 is 15.9 Å². The fourth-order valence-corrected chi connectivity index (χ4v) is 2.98. The Morgan fingerprint density at radius 1 is 1.30 bits per heavy atom. The van der Waals surface area contributed by atoms with E-state index < -0.39 is 0 Å². The summed E-state index contributed by atoms with van der Waals surface area (Å²) in [6.07, 6.45) is 1.77. The van der Waals surface area contributed by atoms with Gasteiger partial charge in [0.25, 0.3) is 0 Å². The number of ether oxygens (including phenoxy) is 1. The minimum absolute atomic E-state index is 0.424. The van der Waals surface area contributed by atoms with Crippen LogP contribution in [0.3, 0.4) is 0 Å². The van der Waals surface area contributed by atoms with Crippen molar-refractivity contribution in [1.82, 2.24) is 19.5 Å². The molecule has 0 aliphatic heterocycles. The Hall–Kier alpha value is -1.73. The van der Waals surface area contributed by atoms with Crippen LogP contribution in [0, 0.1) is 5.92 Å². The molecule has 7 heteroatoms. The van der Waals surface area contributed by atoms with Crippen molar-refractivity contribution in [3.63, 3.8) is 0 Å². The van der Waals surface area contributed by atoms with E-state index in [9.17, 15) is 0 Å². The lowest BCUT2D eigenvalue weighted by atomic mass is 10.2. The number of nitrogen functional groups attached to an aromatic ring is 1. The molecule has 0 fully saturated rings. The molecule has 0 aliphatic carbocycles. The molecular formula is C16H20BrN5O. The van der Waals surface area contributed by atoms with Crippen molar-refractivity contribution >= 4 is 43.8 Å². The quantitative estimate of drug-likeness (QED) is 0.735. The number of imidazole rings is 1. The highest BCUT2D eigenvalue weighted by molar-refractivity contribution is 9.10. The van der Waals surface area contributed by atoms with Gasteiger partial charge in [-0.2, -0.15) is 0 Å². The summed E-state index contributed by atoms with van der Waals surface area (Å²) in [4.78, 5) is 13.7. The van der Waals surface area contributed by atoms with E-state index in [0.717, 1.165) is 33.4 Å². The Bertz CT molecular complexity index is 859. The monoisotopic (exact) mass is 377 g/mol. The van der Waals surface area contributed by atoms with Crippen molar-refractivity contribution in [3.05, 3.63) is 22.6 Å². The number of pyridine rings is 2. The van der Waals surface area contributed by atoms with Gasteiger partial charge in [0.05, 0.1) is 5.52 Å². The molecule has 3 aromatic heterocycles. The summed E-state index contributed by atoms with van der Waals surface area (Å²) in [5, 5.41) is 0. The number of rotatable bonds is 5. The number of nitrogens with zero attached hydrogens (tertiary/aromatic N) is 4. The van der Waals surface area contributed by atoms with Crippen molar-refractivity contribution in [2.45, 2.75) is 33.9 Å². The fourth-order valence-electron chi connectivity index (χ4n) is 2.66. The Kier molecular flexibility index (Phi) is 4.50. The zero-order valence-electron chi connectivity index (χ0n) is 13.5. The second kappa shape index (κ2) is 6.41. The summed E-state index contributed by atoms with van der Waals surface area (Å²) in [5.74, 6) is 1.75. The number of halogens is 1. The van der Waals surface area contributed by atoms with Crippen LogP contribution in [0.5, 0.6) is 0 Å². The van der Waals surface area contributed by atoms with Crippen LogP contribution in [-0.2, 0) is 17.9 Å². The van der Waals surface area contributed by atoms with Crippen LogP contribution in [0.15, 0.2) is 16.7 Å². The van der Waals surface area contributed by atoms with Gasteiger partial charge in [-0.3, -0.25) is 4.98 Å². The normalized spacial score (nSPS) is 11.9. The van der Waals surface area contributed by atoms with Gasteiger partial charge in [0, 0.05) is 23.8 Å². The highest BCUT2D eigenvalue weighted by atomic mass is 79.9. The van der Waals surface area contributed by atoms with E-state index in [4.69, 9.17) is 10.5 Å². The third-order valence-electron chi connectivity index (χ3n) is 3.57. The van der Waals surface area contributed by atoms with Gasteiger partial charge in [0.1, 0.15) is 29.0 Å². The molecule has 122 valence electrons. The standard InChI is InChI=1S/C16H20BrN5O/c1-4-23-8-12-21-14-15(22(12)7-9(2)3)13-11(20-16(14)18)5-10(17)6-19-13/h5-6,9H,4,7-8H2,1-3H3,(H2,18,20). The zero-order valence-corrected chi connectivity index (χ0v) is 15.1. The first-order chi connectivity index (χ1) is 11.0. The summed E-state index contributed by atoms with van der Waals surface area (Å²) in [6.45, 7) is 8.25. The van der Waals surface area contributed by atoms with Gasteiger partial charge in [0.15, 0.2) is 5.82 Å². The molecule has 0 unspecified atom stereocenters. The van der Waals surface area contributed by atoms with Crippen LogP contribution in [0.25, 0.3) is 22.1 Å². The first kappa shape index (κ1) is 16.1. The molecule has 3 aromatic rings. The van der Waals surface area contributed by atoms with E-state index in [0.29, 0.717) is 30.5 Å². The van der Waals surface area contributed by atoms with Crippen molar-refractivity contribution < 1.29 is 4.74 Å². The van der Waals surface area contributed by atoms with Crippen molar-refractivity contribution in [2.75, 3.05) is 12.3 Å². The second-order valence-electron chi connectivity index (χ2n) is 5.89. The predicted octanol–water partition coefficient (Wildman–Crippen LogP) is 3.52. The lowest BCUT2D eigenvalue weighted by molar-refractivity contribution is 0.125. The topological polar surface area (TPSA) is 78.8 Å². The summed E-state index contributed by atoms with van der Waals surface area (Å²) in [7, 11) is 0. The Morgan fingerprint density at radius 2 is 2.09 bits per heavy atom. The predicted molar refractivity (Wildman–Crippen MR) is 95.1 cm³/mol. The Labute approximate surface area is 143 Å². The van der Waals surface area contributed by atoms with E-state index in [1.165, 1.54) is 0 Å². The van der Waals surface area contributed by atoms with Crippen molar-refractivity contribution in [1.29, 1.82) is 0 Å². The zero-order chi connectivity index (χ0) is 16.6. The maximum atomic E-state index is 6.14. The number of nitrogens with two attached hydrogens (primary N) is 1. The van der Waals surface area contributed by atoms with Gasteiger partial charge in [-0.15, -0.1) is 0 Å². The SMILES string of the molecule is CCOCc1nc2c(N)nc3cc(Br)cnc3c2n1CC(C)C.